The Labute approximate surface area is 132 Å². The number of halogens is 2. The molecule has 21 heavy (non-hydrogen) atoms. The summed E-state index contributed by atoms with van der Waals surface area (Å²) in [6, 6.07) is 11.7. The monoisotopic (exact) mass is 325 g/mol. The van der Waals surface area contributed by atoms with Crippen molar-refractivity contribution in [3.63, 3.8) is 0 Å². The number of carbonyl (C=O) groups is 1. The molecule has 1 amide bonds. The van der Waals surface area contributed by atoms with E-state index in [9.17, 15) is 4.79 Å². The second-order valence-electron chi connectivity index (χ2n) is 4.13. The molecule has 0 atom stereocenters. The van der Waals surface area contributed by atoms with Gasteiger partial charge in [0.1, 0.15) is 5.75 Å². The Balaban J connectivity index is 2.08. The Morgan fingerprint density at radius 3 is 2.52 bits per heavy atom. The van der Waals surface area contributed by atoms with Crippen LogP contribution in [0.3, 0.4) is 0 Å². The molecule has 0 aliphatic carbocycles. The number of ether oxygens (including phenoxy) is 2. The van der Waals surface area contributed by atoms with Crippen LogP contribution in [-0.2, 0) is 4.74 Å². The lowest BCUT2D eigenvalue weighted by Crippen LogP contribution is -2.12. The molecule has 0 fully saturated rings. The van der Waals surface area contributed by atoms with Gasteiger partial charge in [-0.05, 0) is 36.4 Å². The Morgan fingerprint density at radius 1 is 1.14 bits per heavy atom. The van der Waals surface area contributed by atoms with Gasteiger partial charge in [-0.1, -0.05) is 29.3 Å². The predicted octanol–water partition coefficient (Wildman–Crippen LogP) is 4.23. The molecule has 0 bridgehead atoms. The van der Waals surface area contributed by atoms with Crippen LogP contribution in [-0.4, -0.2) is 19.8 Å². The zero-order chi connectivity index (χ0) is 15.2. The maximum atomic E-state index is 12.1. The summed E-state index contributed by atoms with van der Waals surface area (Å²) >= 11 is 11.9. The van der Waals surface area contributed by atoms with Gasteiger partial charge in [-0.25, -0.2) is 0 Å². The molecule has 0 spiro atoms. The highest BCUT2D eigenvalue weighted by Crippen LogP contribution is 2.29. The van der Waals surface area contributed by atoms with Gasteiger partial charge in [-0.3, -0.25) is 4.79 Å². The van der Waals surface area contributed by atoms with E-state index in [1.54, 1.807) is 42.5 Å². The maximum absolute atomic E-state index is 12.1. The highest BCUT2D eigenvalue weighted by molar-refractivity contribution is 6.44. The van der Waals surface area contributed by atoms with Crippen LogP contribution in [0.2, 0.25) is 10.0 Å². The zero-order valence-electron chi connectivity index (χ0n) is 11.2. The highest BCUT2D eigenvalue weighted by Gasteiger charge is 2.10. The van der Waals surface area contributed by atoms with E-state index in [0.717, 1.165) is 0 Å². The zero-order valence-corrected chi connectivity index (χ0v) is 12.7. The van der Waals surface area contributed by atoms with E-state index in [4.69, 9.17) is 32.7 Å². The van der Waals surface area contributed by atoms with Gasteiger partial charge >= 0.3 is 0 Å². The molecule has 2 rings (SSSR count). The molecule has 0 saturated carbocycles. The molecule has 110 valence electrons. The minimum absolute atomic E-state index is 0.156. The number of rotatable bonds is 5. The van der Waals surface area contributed by atoms with Crippen molar-refractivity contribution in [2.24, 2.45) is 0 Å². The van der Waals surface area contributed by atoms with Crippen LogP contribution in [0, 0.1) is 0 Å². The number of nitrogens with one attached hydrogen (secondary N) is 1. The summed E-state index contributed by atoms with van der Waals surface area (Å²) < 4.78 is 10.0. The summed E-state index contributed by atoms with van der Waals surface area (Å²) in [5, 5.41) is 3.41. The Morgan fingerprint density at radius 2 is 1.86 bits per heavy atom. The molecule has 0 radical (unpaired) electrons. The fraction of sp³-hybridized carbons (Fsp3) is 0.133. The standard InChI is InChI=1S/C15H13Cl2NO3/c1-20-9-21-11-7-5-10(6-8-11)15(19)18-13-4-2-3-12(16)14(13)17/h2-8H,9H2,1H3,(H,18,19). The van der Waals surface area contributed by atoms with Crippen LogP contribution in [0.25, 0.3) is 0 Å². The average molecular weight is 326 g/mol. The van der Waals surface area contributed by atoms with Gasteiger partial charge in [0.05, 0.1) is 15.7 Å². The summed E-state index contributed by atoms with van der Waals surface area (Å²) in [7, 11) is 1.54. The third kappa shape index (κ3) is 4.11. The lowest BCUT2D eigenvalue weighted by molar-refractivity contribution is 0.0511. The summed E-state index contributed by atoms with van der Waals surface area (Å²) in [6.07, 6.45) is 0. The quantitative estimate of drug-likeness (QED) is 0.837. The summed E-state index contributed by atoms with van der Waals surface area (Å²) in [5.74, 6) is 0.339. The largest absolute Gasteiger partial charge is 0.468 e. The highest BCUT2D eigenvalue weighted by atomic mass is 35.5. The van der Waals surface area contributed by atoms with Crippen LogP contribution in [0.1, 0.15) is 10.4 Å². The van der Waals surface area contributed by atoms with E-state index in [1.807, 2.05) is 0 Å². The van der Waals surface area contributed by atoms with Gasteiger partial charge in [-0.15, -0.1) is 0 Å². The Kier molecular flexibility index (Phi) is 5.44. The van der Waals surface area contributed by atoms with E-state index in [-0.39, 0.29) is 12.7 Å². The molecule has 6 heteroatoms. The van der Waals surface area contributed by atoms with E-state index in [1.165, 1.54) is 7.11 Å². The minimum Gasteiger partial charge on any atom is -0.468 e. The van der Waals surface area contributed by atoms with Gasteiger partial charge in [-0.2, -0.15) is 0 Å². The van der Waals surface area contributed by atoms with Crippen molar-refractivity contribution >= 4 is 34.8 Å². The SMILES string of the molecule is COCOc1ccc(C(=O)Nc2cccc(Cl)c2Cl)cc1. The van der Waals surface area contributed by atoms with Gasteiger partial charge in [0, 0.05) is 12.7 Å². The molecule has 0 heterocycles. The molecule has 0 aliphatic rings. The maximum Gasteiger partial charge on any atom is 0.255 e. The second-order valence-corrected chi connectivity index (χ2v) is 4.92. The second kappa shape index (κ2) is 7.31. The van der Waals surface area contributed by atoms with Crippen LogP contribution in [0.5, 0.6) is 5.75 Å². The van der Waals surface area contributed by atoms with Crippen LogP contribution in [0.15, 0.2) is 42.5 Å². The molecular weight excluding hydrogens is 313 g/mol. The molecule has 0 unspecified atom stereocenters. The number of hydrogen-bond donors (Lipinski definition) is 1. The summed E-state index contributed by atoms with van der Waals surface area (Å²) in [4.78, 5) is 12.1. The first kappa shape index (κ1) is 15.6. The van der Waals surface area contributed by atoms with Crippen molar-refractivity contribution in [2.45, 2.75) is 0 Å². The van der Waals surface area contributed by atoms with Crippen molar-refractivity contribution in [1.82, 2.24) is 0 Å². The van der Waals surface area contributed by atoms with E-state index in [0.29, 0.717) is 27.0 Å². The first-order chi connectivity index (χ1) is 10.1. The fourth-order valence-electron chi connectivity index (χ4n) is 1.62. The fourth-order valence-corrected chi connectivity index (χ4v) is 1.97. The number of methoxy groups -OCH3 is 1. The summed E-state index contributed by atoms with van der Waals surface area (Å²) in [6.45, 7) is 0.156. The van der Waals surface area contributed by atoms with Crippen molar-refractivity contribution in [3.8, 4) is 5.75 Å². The van der Waals surface area contributed by atoms with E-state index < -0.39 is 0 Å². The van der Waals surface area contributed by atoms with E-state index in [2.05, 4.69) is 5.32 Å². The van der Waals surface area contributed by atoms with Crippen molar-refractivity contribution in [2.75, 3.05) is 19.2 Å². The molecule has 0 aromatic heterocycles. The topological polar surface area (TPSA) is 47.6 Å². The molecule has 4 nitrogen and oxygen atoms in total. The third-order valence-corrected chi connectivity index (χ3v) is 3.48. The molecular formula is C15H13Cl2NO3. The molecule has 2 aromatic rings. The van der Waals surface area contributed by atoms with Gasteiger partial charge in [0.2, 0.25) is 0 Å². The number of carbonyl (C=O) groups excluding carboxylic acids is 1. The lowest BCUT2D eigenvalue weighted by Gasteiger charge is -2.09. The average Bonchev–Trinajstić information content (AvgIpc) is 2.50. The smallest absolute Gasteiger partial charge is 0.255 e. The van der Waals surface area contributed by atoms with Crippen LogP contribution in [0.4, 0.5) is 5.69 Å². The van der Waals surface area contributed by atoms with Crippen LogP contribution >= 0.6 is 23.2 Å². The van der Waals surface area contributed by atoms with Gasteiger partial charge in [0.15, 0.2) is 6.79 Å². The van der Waals surface area contributed by atoms with E-state index >= 15 is 0 Å². The Hall–Kier alpha value is -1.75. The number of hydrogen-bond acceptors (Lipinski definition) is 3. The van der Waals surface area contributed by atoms with Crippen molar-refractivity contribution in [1.29, 1.82) is 0 Å². The Bertz CT molecular complexity index is 629. The van der Waals surface area contributed by atoms with Crippen molar-refractivity contribution in [3.05, 3.63) is 58.1 Å². The molecule has 0 saturated heterocycles. The first-order valence-electron chi connectivity index (χ1n) is 6.09. The molecule has 1 N–H and O–H groups in total. The predicted molar refractivity (Wildman–Crippen MR) is 83.4 cm³/mol. The minimum atomic E-state index is -0.280. The number of benzene rings is 2. The number of amides is 1. The third-order valence-electron chi connectivity index (χ3n) is 2.66. The first-order valence-corrected chi connectivity index (χ1v) is 6.84. The normalized spacial score (nSPS) is 10.2. The lowest BCUT2D eigenvalue weighted by atomic mass is 10.2. The van der Waals surface area contributed by atoms with Crippen LogP contribution < -0.4 is 10.1 Å². The number of anilines is 1. The summed E-state index contributed by atoms with van der Waals surface area (Å²) in [5.41, 5.74) is 0.949. The van der Waals surface area contributed by atoms with Gasteiger partial charge < -0.3 is 14.8 Å². The molecule has 2 aromatic carbocycles. The molecule has 0 aliphatic heterocycles. The van der Waals surface area contributed by atoms with Crippen molar-refractivity contribution < 1.29 is 14.3 Å². The van der Waals surface area contributed by atoms with Gasteiger partial charge in [0.25, 0.3) is 5.91 Å².